The SMILES string of the molecule is Cn1ncc2ccc(-c3n[nH]c4c3Cc3sc(-c5ccc(CN6CCOCC6)cc5OC(F)(F)F)cc3-4)cc21. The standard InChI is InChI=1S/C28H24F3N5O2S/c1-35-22-11-17(3-4-18(22)14-32-35)26-21-13-25-20(27(21)34-33-26)12-24(39-25)19-5-2-16(10-23(19)38-28(29,30)31)15-36-6-8-37-9-7-36/h2-5,10-12,14H,6-9,13,15H2,1H3,(H,33,34). The molecule has 0 unspecified atom stereocenters. The number of nitrogens with zero attached hydrogens (tertiary/aromatic N) is 4. The van der Waals surface area contributed by atoms with E-state index in [1.54, 1.807) is 6.07 Å². The van der Waals surface area contributed by atoms with E-state index in [1.165, 1.54) is 17.4 Å². The normalized spacial score (nSPS) is 15.6. The van der Waals surface area contributed by atoms with Crippen LogP contribution in [0.1, 0.15) is 16.0 Å². The van der Waals surface area contributed by atoms with Gasteiger partial charge in [0.2, 0.25) is 0 Å². The maximum absolute atomic E-state index is 13.4. The Morgan fingerprint density at radius 3 is 2.74 bits per heavy atom. The minimum Gasteiger partial charge on any atom is -0.405 e. The van der Waals surface area contributed by atoms with E-state index in [4.69, 9.17) is 4.74 Å². The maximum Gasteiger partial charge on any atom is 0.573 e. The van der Waals surface area contributed by atoms with Gasteiger partial charge in [0.05, 0.1) is 36.3 Å². The smallest absolute Gasteiger partial charge is 0.405 e. The van der Waals surface area contributed by atoms with Gasteiger partial charge in [-0.15, -0.1) is 24.5 Å². The number of aromatic nitrogens is 4. The summed E-state index contributed by atoms with van der Waals surface area (Å²) in [5, 5.41) is 13.2. The van der Waals surface area contributed by atoms with E-state index in [0.717, 1.165) is 67.4 Å². The Morgan fingerprint density at radius 1 is 1.08 bits per heavy atom. The first kappa shape index (κ1) is 24.4. The molecule has 0 atom stereocenters. The number of aromatic amines is 1. The highest BCUT2D eigenvalue weighted by Crippen LogP contribution is 2.48. The van der Waals surface area contributed by atoms with Gasteiger partial charge in [0.15, 0.2) is 0 Å². The van der Waals surface area contributed by atoms with Gasteiger partial charge in [0, 0.05) is 70.5 Å². The molecule has 0 amide bonds. The number of thiophene rings is 1. The minimum absolute atomic E-state index is 0.178. The average molecular weight is 552 g/mol. The van der Waals surface area contributed by atoms with Gasteiger partial charge in [-0.3, -0.25) is 14.7 Å². The molecule has 1 aliphatic carbocycles. The number of benzene rings is 2. The molecule has 200 valence electrons. The molecule has 0 radical (unpaired) electrons. The molecule has 1 aliphatic heterocycles. The molecule has 0 spiro atoms. The van der Waals surface area contributed by atoms with Gasteiger partial charge in [-0.2, -0.15) is 10.2 Å². The molecular weight excluding hydrogens is 527 g/mol. The summed E-state index contributed by atoms with van der Waals surface area (Å²) < 4.78 is 51.9. The molecule has 11 heteroatoms. The van der Waals surface area contributed by atoms with Gasteiger partial charge in [-0.25, -0.2) is 0 Å². The highest BCUT2D eigenvalue weighted by atomic mass is 32.1. The van der Waals surface area contributed by atoms with Gasteiger partial charge < -0.3 is 9.47 Å². The van der Waals surface area contributed by atoms with Crippen LogP contribution >= 0.6 is 11.3 Å². The molecule has 0 saturated carbocycles. The molecule has 4 heterocycles. The molecule has 7 rings (SSSR count). The zero-order valence-corrected chi connectivity index (χ0v) is 21.8. The van der Waals surface area contributed by atoms with Crippen molar-refractivity contribution in [2.24, 2.45) is 7.05 Å². The first-order valence-electron chi connectivity index (χ1n) is 12.6. The molecule has 5 aromatic rings. The van der Waals surface area contributed by atoms with E-state index in [1.807, 2.05) is 42.2 Å². The minimum atomic E-state index is -4.78. The zero-order chi connectivity index (χ0) is 26.7. The van der Waals surface area contributed by atoms with Crippen LogP contribution in [-0.2, 0) is 24.8 Å². The Balaban J connectivity index is 1.21. The molecular formula is C28H24F3N5O2S. The van der Waals surface area contributed by atoms with Crippen LogP contribution in [-0.4, -0.2) is 57.5 Å². The van der Waals surface area contributed by atoms with E-state index in [-0.39, 0.29) is 5.75 Å². The number of halogens is 3. The van der Waals surface area contributed by atoms with Gasteiger partial charge in [-0.05, 0) is 29.8 Å². The number of hydrogen-bond donors (Lipinski definition) is 1. The number of ether oxygens (including phenoxy) is 2. The van der Waals surface area contributed by atoms with Gasteiger partial charge in [0.1, 0.15) is 5.75 Å². The summed E-state index contributed by atoms with van der Waals surface area (Å²) in [4.78, 5) is 3.99. The highest BCUT2D eigenvalue weighted by Gasteiger charge is 2.34. The van der Waals surface area contributed by atoms with E-state index in [0.29, 0.717) is 31.7 Å². The second-order valence-corrected chi connectivity index (χ2v) is 11.0. The Morgan fingerprint density at radius 2 is 1.92 bits per heavy atom. The predicted molar refractivity (Wildman–Crippen MR) is 143 cm³/mol. The van der Waals surface area contributed by atoms with Crippen molar-refractivity contribution in [2.45, 2.75) is 19.3 Å². The van der Waals surface area contributed by atoms with Crippen LogP contribution in [0.4, 0.5) is 13.2 Å². The number of H-pyrrole nitrogens is 1. The van der Waals surface area contributed by atoms with Crippen molar-refractivity contribution in [3.05, 3.63) is 64.7 Å². The fourth-order valence-electron chi connectivity index (χ4n) is 5.45. The largest absolute Gasteiger partial charge is 0.573 e. The number of morpholine rings is 1. The van der Waals surface area contributed by atoms with Crippen molar-refractivity contribution in [1.82, 2.24) is 24.9 Å². The third-order valence-corrected chi connectivity index (χ3v) is 8.52. The maximum atomic E-state index is 13.4. The van der Waals surface area contributed by atoms with Crippen molar-refractivity contribution in [3.63, 3.8) is 0 Å². The van der Waals surface area contributed by atoms with Gasteiger partial charge in [-0.1, -0.05) is 18.2 Å². The van der Waals surface area contributed by atoms with E-state index < -0.39 is 6.36 Å². The van der Waals surface area contributed by atoms with Crippen molar-refractivity contribution in [3.8, 4) is 38.7 Å². The summed E-state index contributed by atoms with van der Waals surface area (Å²) in [7, 11) is 1.91. The quantitative estimate of drug-likeness (QED) is 0.285. The number of nitrogens with one attached hydrogen (secondary N) is 1. The van der Waals surface area contributed by atoms with Crippen molar-refractivity contribution < 1.29 is 22.6 Å². The van der Waals surface area contributed by atoms with Crippen LogP contribution in [0.25, 0.3) is 43.9 Å². The Hall–Kier alpha value is -3.67. The summed E-state index contributed by atoms with van der Waals surface area (Å²) in [6.45, 7) is 3.29. The Kier molecular flexibility index (Phi) is 5.76. The molecule has 2 aromatic carbocycles. The lowest BCUT2D eigenvalue weighted by Gasteiger charge is -2.26. The second-order valence-electron chi connectivity index (χ2n) is 9.86. The molecule has 1 fully saturated rings. The van der Waals surface area contributed by atoms with Crippen LogP contribution < -0.4 is 4.74 Å². The third kappa shape index (κ3) is 4.50. The van der Waals surface area contributed by atoms with Crippen LogP contribution in [0, 0.1) is 0 Å². The lowest BCUT2D eigenvalue weighted by Crippen LogP contribution is -2.35. The first-order chi connectivity index (χ1) is 18.8. The summed E-state index contributed by atoms with van der Waals surface area (Å²) >= 11 is 1.49. The summed E-state index contributed by atoms with van der Waals surface area (Å²) in [6.07, 6.45) is -2.29. The van der Waals surface area contributed by atoms with Crippen LogP contribution in [0.3, 0.4) is 0 Å². The van der Waals surface area contributed by atoms with Crippen molar-refractivity contribution in [1.29, 1.82) is 0 Å². The third-order valence-electron chi connectivity index (χ3n) is 7.35. The lowest BCUT2D eigenvalue weighted by atomic mass is 10.0. The summed E-state index contributed by atoms with van der Waals surface area (Å²) in [6, 6.07) is 13.2. The first-order valence-corrected chi connectivity index (χ1v) is 13.5. The second kappa shape index (κ2) is 9.22. The number of rotatable bonds is 5. The fourth-order valence-corrected chi connectivity index (χ4v) is 6.66. The summed E-state index contributed by atoms with van der Waals surface area (Å²) in [5.41, 5.74) is 7.08. The Bertz CT molecular complexity index is 1700. The van der Waals surface area contributed by atoms with Crippen molar-refractivity contribution >= 4 is 22.2 Å². The van der Waals surface area contributed by atoms with Crippen molar-refractivity contribution in [2.75, 3.05) is 26.3 Å². The lowest BCUT2D eigenvalue weighted by molar-refractivity contribution is -0.274. The molecule has 2 aliphatic rings. The Labute approximate surface area is 225 Å². The fraction of sp³-hybridized carbons (Fsp3) is 0.286. The predicted octanol–water partition coefficient (Wildman–Crippen LogP) is 5.99. The number of hydrogen-bond acceptors (Lipinski definition) is 6. The van der Waals surface area contributed by atoms with E-state index >= 15 is 0 Å². The number of fused-ring (bicyclic) bond motifs is 4. The monoisotopic (exact) mass is 551 g/mol. The van der Waals surface area contributed by atoms with Gasteiger partial charge in [0.25, 0.3) is 0 Å². The number of alkyl halides is 3. The van der Waals surface area contributed by atoms with Crippen LogP contribution in [0.2, 0.25) is 0 Å². The van der Waals surface area contributed by atoms with Gasteiger partial charge >= 0.3 is 6.36 Å². The van der Waals surface area contributed by atoms with E-state index in [9.17, 15) is 13.2 Å². The van der Waals surface area contributed by atoms with Crippen LogP contribution in [0.5, 0.6) is 5.75 Å². The highest BCUT2D eigenvalue weighted by molar-refractivity contribution is 7.16. The molecule has 3 aromatic heterocycles. The number of aryl methyl sites for hydroxylation is 1. The molecule has 7 nitrogen and oxygen atoms in total. The molecule has 0 bridgehead atoms. The zero-order valence-electron chi connectivity index (χ0n) is 21.0. The molecule has 1 N–H and O–H groups in total. The average Bonchev–Trinajstić information content (AvgIpc) is 3.66. The molecule has 39 heavy (non-hydrogen) atoms. The van der Waals surface area contributed by atoms with E-state index in [2.05, 4.69) is 31.0 Å². The van der Waals surface area contributed by atoms with Crippen LogP contribution in [0.15, 0.2) is 48.7 Å². The topological polar surface area (TPSA) is 68.2 Å². The summed E-state index contributed by atoms with van der Waals surface area (Å²) in [5.74, 6) is -0.178. The molecule has 1 saturated heterocycles.